The van der Waals surface area contributed by atoms with E-state index in [-0.39, 0.29) is 18.0 Å². The van der Waals surface area contributed by atoms with Gasteiger partial charge in [-0.05, 0) is 42.4 Å². The smallest absolute Gasteiger partial charge is 0.320 e. The van der Waals surface area contributed by atoms with Crippen LogP contribution < -0.4 is 0 Å². The van der Waals surface area contributed by atoms with Crippen LogP contribution in [0.5, 0.6) is 0 Å². The normalized spacial score (nSPS) is 21.7. The summed E-state index contributed by atoms with van der Waals surface area (Å²) in [5.41, 5.74) is 2.16. The Bertz CT molecular complexity index is 1170. The quantitative estimate of drug-likeness (QED) is 0.550. The maximum atomic E-state index is 13.4. The minimum Gasteiger partial charge on any atom is -0.322 e. The van der Waals surface area contributed by atoms with E-state index in [0.29, 0.717) is 60.9 Å². The van der Waals surface area contributed by atoms with E-state index in [9.17, 15) is 13.2 Å². The minimum absolute atomic E-state index is 0.0532. The largest absolute Gasteiger partial charge is 0.322 e. The van der Waals surface area contributed by atoms with Gasteiger partial charge in [0.15, 0.2) is 0 Å². The Morgan fingerprint density at radius 3 is 2.20 bits per heavy atom. The van der Waals surface area contributed by atoms with Crippen LogP contribution in [-0.2, 0) is 16.6 Å². The molecule has 0 spiro atoms. The van der Waals surface area contributed by atoms with Crippen LogP contribution in [0.3, 0.4) is 0 Å². The van der Waals surface area contributed by atoms with Crippen LogP contribution in [0.4, 0.5) is 4.79 Å². The molecule has 7 nitrogen and oxygen atoms in total. The number of halogens is 3. The Morgan fingerprint density at radius 1 is 0.943 bits per heavy atom. The van der Waals surface area contributed by atoms with E-state index in [4.69, 9.17) is 34.8 Å². The van der Waals surface area contributed by atoms with Crippen molar-refractivity contribution in [3.05, 3.63) is 68.7 Å². The fourth-order valence-electron chi connectivity index (χ4n) is 4.88. The zero-order valence-corrected chi connectivity index (χ0v) is 22.8. The van der Waals surface area contributed by atoms with Crippen molar-refractivity contribution < 1.29 is 13.2 Å². The summed E-state index contributed by atoms with van der Waals surface area (Å²) in [5.74, 6) is 0.0984. The maximum Gasteiger partial charge on any atom is 0.320 e. The second-order valence-electron chi connectivity index (χ2n) is 9.23. The summed E-state index contributed by atoms with van der Waals surface area (Å²) in [5, 5.41) is 1.71. The van der Waals surface area contributed by atoms with E-state index in [1.165, 1.54) is 10.6 Å². The number of sulfonamides is 1. The predicted molar refractivity (Wildman–Crippen MR) is 141 cm³/mol. The number of hydrogen-bond acceptors (Lipinski definition) is 4. The fraction of sp³-hybridized carbons (Fsp3) is 0.458. The van der Waals surface area contributed by atoms with Gasteiger partial charge in [0, 0.05) is 62.8 Å². The number of likely N-dealkylation sites (N-methyl/N-ethyl adjacent to an activating group) is 1. The van der Waals surface area contributed by atoms with Crippen molar-refractivity contribution in [2.75, 3.05) is 52.6 Å². The average Bonchev–Trinajstić information content (AvgIpc) is 3.27. The second-order valence-corrected chi connectivity index (χ2v) is 12.5. The number of likely N-dealkylation sites (tertiary alicyclic amines) is 1. The molecule has 0 N–H and O–H groups in total. The molecular formula is C24H29Cl3N4O3S. The van der Waals surface area contributed by atoms with Crippen LogP contribution in [0, 0.1) is 0 Å². The summed E-state index contributed by atoms with van der Waals surface area (Å²) in [6, 6.07) is 13.4. The molecular weight excluding hydrogens is 531 g/mol. The molecule has 0 bridgehead atoms. The SMILES string of the molecule is CN(Cc1ccc(Cl)c(Cl)c1)[C@@H]1CN(C(=O)N2CCN(S(C)(=O)=O)CC2)C[C@@H]1c1ccc(Cl)cc1. The Balaban J connectivity index is 1.51. The molecule has 2 amide bonds. The Kier molecular flexibility index (Phi) is 8.20. The van der Waals surface area contributed by atoms with Gasteiger partial charge < -0.3 is 9.80 Å². The number of hydrogen-bond donors (Lipinski definition) is 0. The van der Waals surface area contributed by atoms with E-state index in [0.717, 1.165) is 11.1 Å². The van der Waals surface area contributed by atoms with Crippen molar-refractivity contribution >= 4 is 50.9 Å². The average molecular weight is 560 g/mol. The first-order chi connectivity index (χ1) is 16.5. The van der Waals surface area contributed by atoms with Crippen molar-refractivity contribution in [3.63, 3.8) is 0 Å². The molecule has 2 aliphatic heterocycles. The highest BCUT2D eigenvalue weighted by Gasteiger charge is 2.40. The van der Waals surface area contributed by atoms with Crippen molar-refractivity contribution in [2.24, 2.45) is 0 Å². The van der Waals surface area contributed by atoms with Crippen molar-refractivity contribution in [3.8, 4) is 0 Å². The van der Waals surface area contributed by atoms with Gasteiger partial charge in [0.1, 0.15) is 0 Å². The number of carbonyl (C=O) groups excluding carboxylic acids is 1. The first-order valence-electron chi connectivity index (χ1n) is 11.4. The van der Waals surface area contributed by atoms with Crippen LogP contribution in [0.2, 0.25) is 15.1 Å². The van der Waals surface area contributed by atoms with Gasteiger partial charge in [-0.1, -0.05) is 53.0 Å². The van der Waals surface area contributed by atoms with Crippen molar-refractivity contribution in [1.29, 1.82) is 0 Å². The van der Waals surface area contributed by atoms with Crippen LogP contribution >= 0.6 is 34.8 Å². The first kappa shape index (κ1) is 26.5. The lowest BCUT2D eigenvalue weighted by atomic mass is 9.93. The van der Waals surface area contributed by atoms with Gasteiger partial charge in [0.05, 0.1) is 16.3 Å². The van der Waals surface area contributed by atoms with Crippen LogP contribution in [0.25, 0.3) is 0 Å². The molecule has 0 radical (unpaired) electrons. The second kappa shape index (κ2) is 10.8. The third-order valence-corrected chi connectivity index (χ3v) is 9.11. The molecule has 2 saturated heterocycles. The molecule has 2 fully saturated rings. The van der Waals surface area contributed by atoms with Gasteiger partial charge in [-0.25, -0.2) is 13.2 Å². The Hall–Kier alpha value is -1.55. The minimum atomic E-state index is -3.25. The lowest BCUT2D eigenvalue weighted by molar-refractivity contribution is 0.138. The topological polar surface area (TPSA) is 64.2 Å². The molecule has 0 aliphatic carbocycles. The van der Waals surface area contributed by atoms with Crippen LogP contribution in [0.1, 0.15) is 17.0 Å². The van der Waals surface area contributed by atoms with Gasteiger partial charge in [-0.3, -0.25) is 4.90 Å². The summed E-state index contributed by atoms with van der Waals surface area (Å²) in [4.78, 5) is 19.3. The Morgan fingerprint density at radius 2 is 1.60 bits per heavy atom. The number of benzene rings is 2. The number of piperazine rings is 1. The van der Waals surface area contributed by atoms with E-state index in [1.54, 1.807) is 11.0 Å². The summed E-state index contributed by atoms with van der Waals surface area (Å²) in [6.07, 6.45) is 1.20. The molecule has 2 aromatic rings. The van der Waals surface area contributed by atoms with E-state index < -0.39 is 10.0 Å². The number of urea groups is 1. The summed E-state index contributed by atoms with van der Waals surface area (Å²) >= 11 is 18.4. The number of nitrogens with zero attached hydrogens (tertiary/aromatic N) is 4. The number of amides is 2. The predicted octanol–water partition coefficient (Wildman–Crippen LogP) is 4.24. The van der Waals surface area contributed by atoms with E-state index in [1.807, 2.05) is 41.3 Å². The van der Waals surface area contributed by atoms with Crippen molar-refractivity contribution in [1.82, 2.24) is 19.0 Å². The molecule has 2 aliphatic rings. The number of rotatable bonds is 5. The van der Waals surface area contributed by atoms with Gasteiger partial charge >= 0.3 is 6.03 Å². The van der Waals surface area contributed by atoms with Crippen LogP contribution in [-0.4, -0.2) is 92.1 Å². The summed E-state index contributed by atoms with van der Waals surface area (Å²) in [6.45, 7) is 3.20. The van der Waals surface area contributed by atoms with Crippen molar-refractivity contribution in [2.45, 2.75) is 18.5 Å². The molecule has 2 heterocycles. The van der Waals surface area contributed by atoms with E-state index in [2.05, 4.69) is 11.9 Å². The molecule has 0 unspecified atom stereocenters. The number of carbonyl (C=O) groups is 1. The fourth-order valence-corrected chi connectivity index (χ4v) is 6.15. The molecule has 190 valence electrons. The monoisotopic (exact) mass is 558 g/mol. The Labute approximate surface area is 222 Å². The molecule has 0 saturated carbocycles. The van der Waals surface area contributed by atoms with E-state index >= 15 is 0 Å². The van der Waals surface area contributed by atoms with Gasteiger partial charge in [0.25, 0.3) is 0 Å². The zero-order valence-electron chi connectivity index (χ0n) is 19.7. The maximum absolute atomic E-state index is 13.4. The van der Waals surface area contributed by atoms with Crippen LogP contribution in [0.15, 0.2) is 42.5 Å². The molecule has 2 aromatic carbocycles. The van der Waals surface area contributed by atoms with Gasteiger partial charge in [-0.2, -0.15) is 4.31 Å². The van der Waals surface area contributed by atoms with Gasteiger partial charge in [0.2, 0.25) is 10.0 Å². The highest BCUT2D eigenvalue weighted by molar-refractivity contribution is 7.88. The summed E-state index contributed by atoms with van der Waals surface area (Å²) in [7, 11) is -1.20. The third kappa shape index (κ3) is 6.24. The van der Waals surface area contributed by atoms with Gasteiger partial charge in [-0.15, -0.1) is 0 Å². The molecule has 4 rings (SSSR count). The third-order valence-electron chi connectivity index (χ3n) is 6.82. The lowest BCUT2D eigenvalue weighted by Gasteiger charge is -2.35. The molecule has 2 atom stereocenters. The molecule has 0 aromatic heterocycles. The highest BCUT2D eigenvalue weighted by atomic mass is 35.5. The molecule has 35 heavy (non-hydrogen) atoms. The zero-order chi connectivity index (χ0) is 25.3. The highest BCUT2D eigenvalue weighted by Crippen LogP contribution is 2.33. The lowest BCUT2D eigenvalue weighted by Crippen LogP contribution is -2.53. The standard InChI is InChI=1S/C24H29Cl3N4O3S/c1-28(14-17-3-8-21(26)22(27)13-17)23-16-30(15-20(23)18-4-6-19(25)7-5-18)24(32)29-9-11-31(12-10-29)35(2,33)34/h3-8,13,20,23H,9-12,14-16H2,1-2H3/t20-,23-/m1/s1. The summed E-state index contributed by atoms with van der Waals surface area (Å²) < 4.78 is 25.1. The first-order valence-corrected chi connectivity index (χ1v) is 14.4. The molecule has 11 heteroatoms.